The summed E-state index contributed by atoms with van der Waals surface area (Å²) < 4.78 is 5.90. The zero-order chi connectivity index (χ0) is 15.7. The SMILES string of the molecule is CC(=O)O[C@]1(c2ccccc2)C[C@H](C)C[NH+](C(C)(C)C)C1. The number of nitrogens with one attached hydrogen (secondary N) is 1. The lowest BCUT2D eigenvalue weighted by Gasteiger charge is -2.46. The lowest BCUT2D eigenvalue weighted by Crippen LogP contribution is -3.21. The predicted molar refractivity (Wildman–Crippen MR) is 84.1 cm³/mol. The molecule has 3 atom stereocenters. The normalized spacial score (nSPS) is 30.0. The van der Waals surface area contributed by atoms with Crippen molar-refractivity contribution in [3.8, 4) is 0 Å². The van der Waals surface area contributed by atoms with Crippen LogP contribution in [-0.2, 0) is 15.1 Å². The van der Waals surface area contributed by atoms with Gasteiger partial charge in [-0.3, -0.25) is 4.79 Å². The largest absolute Gasteiger partial charge is 0.448 e. The Morgan fingerprint density at radius 3 is 2.43 bits per heavy atom. The van der Waals surface area contributed by atoms with E-state index < -0.39 is 5.60 Å². The maximum Gasteiger partial charge on any atom is 0.303 e. The van der Waals surface area contributed by atoms with Gasteiger partial charge < -0.3 is 9.64 Å². The van der Waals surface area contributed by atoms with Gasteiger partial charge in [-0.15, -0.1) is 0 Å². The zero-order valence-corrected chi connectivity index (χ0v) is 13.9. The van der Waals surface area contributed by atoms with Crippen LogP contribution in [0, 0.1) is 5.92 Å². The second-order valence-electron chi connectivity index (χ2n) is 7.50. The Balaban J connectivity index is 2.42. The molecular formula is C18H28NO2+. The van der Waals surface area contributed by atoms with E-state index in [4.69, 9.17) is 4.74 Å². The minimum Gasteiger partial charge on any atom is -0.448 e. The van der Waals surface area contributed by atoms with E-state index in [1.807, 2.05) is 18.2 Å². The molecule has 0 spiro atoms. The van der Waals surface area contributed by atoms with Crippen LogP contribution >= 0.6 is 0 Å². The maximum absolute atomic E-state index is 11.7. The van der Waals surface area contributed by atoms with E-state index in [-0.39, 0.29) is 11.5 Å². The molecule has 3 nitrogen and oxygen atoms in total. The number of hydrogen-bond acceptors (Lipinski definition) is 2. The Hall–Kier alpha value is -1.35. The molecule has 1 heterocycles. The number of piperidine rings is 1. The molecule has 0 radical (unpaired) electrons. The molecule has 1 aromatic carbocycles. The van der Waals surface area contributed by atoms with Gasteiger partial charge in [0.05, 0.1) is 12.1 Å². The van der Waals surface area contributed by atoms with Crippen molar-refractivity contribution in [3.05, 3.63) is 35.9 Å². The van der Waals surface area contributed by atoms with E-state index in [1.165, 1.54) is 11.8 Å². The predicted octanol–water partition coefficient (Wildman–Crippen LogP) is 2.17. The molecule has 1 saturated heterocycles. The summed E-state index contributed by atoms with van der Waals surface area (Å²) in [6.45, 7) is 12.5. The summed E-state index contributed by atoms with van der Waals surface area (Å²) in [5.74, 6) is 0.328. The molecule has 1 aromatic rings. The second-order valence-corrected chi connectivity index (χ2v) is 7.50. The minimum absolute atomic E-state index is 0.148. The Labute approximate surface area is 128 Å². The standard InChI is InChI=1S/C18H27NO2/c1-14-11-18(21-15(2)20,16-9-7-6-8-10-16)13-19(12-14)17(3,4)5/h6-10,14H,11-13H2,1-5H3/p+1/t14-,18+/m0/s1. The summed E-state index contributed by atoms with van der Waals surface area (Å²) in [6, 6.07) is 10.2. The van der Waals surface area contributed by atoms with Gasteiger partial charge in [0.25, 0.3) is 0 Å². The molecule has 1 aliphatic heterocycles. The first-order valence-electron chi connectivity index (χ1n) is 7.83. The molecule has 0 bridgehead atoms. The highest BCUT2D eigenvalue weighted by molar-refractivity contribution is 5.67. The number of ether oxygens (including phenoxy) is 1. The minimum atomic E-state index is -0.493. The van der Waals surface area contributed by atoms with Crippen LogP contribution in [0.4, 0.5) is 0 Å². The molecule has 1 N–H and O–H groups in total. The van der Waals surface area contributed by atoms with Crippen molar-refractivity contribution in [2.45, 2.75) is 52.2 Å². The van der Waals surface area contributed by atoms with Crippen LogP contribution in [0.5, 0.6) is 0 Å². The van der Waals surface area contributed by atoms with Crippen molar-refractivity contribution in [2.75, 3.05) is 13.1 Å². The van der Waals surface area contributed by atoms with Gasteiger partial charge in [0.15, 0.2) is 5.60 Å². The van der Waals surface area contributed by atoms with Gasteiger partial charge in [-0.1, -0.05) is 37.3 Å². The number of quaternary nitrogens is 1. The fourth-order valence-corrected chi connectivity index (χ4v) is 3.49. The third-order valence-corrected chi connectivity index (χ3v) is 4.47. The number of esters is 1. The molecule has 1 fully saturated rings. The number of carbonyl (C=O) groups excluding carboxylic acids is 1. The Morgan fingerprint density at radius 1 is 1.29 bits per heavy atom. The van der Waals surface area contributed by atoms with Gasteiger partial charge in [-0.05, 0) is 20.8 Å². The van der Waals surface area contributed by atoms with Gasteiger partial charge in [0.2, 0.25) is 0 Å². The maximum atomic E-state index is 11.7. The summed E-state index contributed by atoms with van der Waals surface area (Å²) in [4.78, 5) is 13.2. The van der Waals surface area contributed by atoms with E-state index in [0.29, 0.717) is 5.92 Å². The first-order valence-corrected chi connectivity index (χ1v) is 7.83. The summed E-state index contributed by atoms with van der Waals surface area (Å²) in [6.07, 6.45) is 0.899. The van der Waals surface area contributed by atoms with Crippen LogP contribution < -0.4 is 4.90 Å². The molecule has 0 aliphatic carbocycles. The van der Waals surface area contributed by atoms with Crippen molar-refractivity contribution in [3.63, 3.8) is 0 Å². The highest BCUT2D eigenvalue weighted by Gasteiger charge is 2.48. The van der Waals surface area contributed by atoms with Gasteiger partial charge >= 0.3 is 5.97 Å². The Kier molecular flexibility index (Phi) is 4.43. The molecule has 1 aliphatic rings. The number of benzene rings is 1. The summed E-state index contributed by atoms with van der Waals surface area (Å²) in [5.41, 5.74) is 0.774. The van der Waals surface area contributed by atoms with E-state index in [9.17, 15) is 4.79 Å². The fraction of sp³-hybridized carbons (Fsp3) is 0.611. The van der Waals surface area contributed by atoms with Crippen LogP contribution in [0.15, 0.2) is 30.3 Å². The molecule has 0 aromatic heterocycles. The van der Waals surface area contributed by atoms with E-state index in [2.05, 4.69) is 39.8 Å². The Morgan fingerprint density at radius 2 is 1.90 bits per heavy atom. The van der Waals surface area contributed by atoms with Crippen molar-refractivity contribution in [2.24, 2.45) is 5.92 Å². The van der Waals surface area contributed by atoms with Crippen LogP contribution in [0.1, 0.15) is 46.6 Å². The van der Waals surface area contributed by atoms with Gasteiger partial charge in [-0.2, -0.15) is 0 Å². The first-order chi connectivity index (χ1) is 9.73. The average Bonchev–Trinajstić information content (AvgIpc) is 2.37. The molecular weight excluding hydrogens is 262 g/mol. The number of carbonyl (C=O) groups is 1. The smallest absolute Gasteiger partial charge is 0.303 e. The highest BCUT2D eigenvalue weighted by Crippen LogP contribution is 2.34. The number of hydrogen-bond donors (Lipinski definition) is 1. The van der Waals surface area contributed by atoms with Crippen LogP contribution in [0.25, 0.3) is 0 Å². The van der Waals surface area contributed by atoms with Crippen molar-refractivity contribution in [1.82, 2.24) is 0 Å². The molecule has 3 heteroatoms. The van der Waals surface area contributed by atoms with Crippen LogP contribution in [0.2, 0.25) is 0 Å². The number of likely N-dealkylation sites (tertiary alicyclic amines) is 1. The third-order valence-electron chi connectivity index (χ3n) is 4.47. The molecule has 0 amide bonds. The van der Waals surface area contributed by atoms with Crippen LogP contribution in [-0.4, -0.2) is 24.6 Å². The van der Waals surface area contributed by atoms with Crippen molar-refractivity contribution < 1.29 is 14.4 Å². The quantitative estimate of drug-likeness (QED) is 0.846. The molecule has 0 saturated carbocycles. The zero-order valence-electron chi connectivity index (χ0n) is 13.9. The third kappa shape index (κ3) is 3.65. The molecule has 2 rings (SSSR count). The molecule has 116 valence electrons. The van der Waals surface area contributed by atoms with Gasteiger partial charge in [0.1, 0.15) is 6.54 Å². The topological polar surface area (TPSA) is 30.7 Å². The monoisotopic (exact) mass is 290 g/mol. The van der Waals surface area contributed by atoms with E-state index >= 15 is 0 Å². The number of rotatable bonds is 2. The van der Waals surface area contributed by atoms with Gasteiger partial charge in [0, 0.05) is 24.8 Å². The Bertz CT molecular complexity index is 492. The van der Waals surface area contributed by atoms with E-state index in [0.717, 1.165) is 25.1 Å². The second kappa shape index (κ2) is 5.80. The molecule has 1 unspecified atom stereocenters. The highest BCUT2D eigenvalue weighted by atomic mass is 16.6. The lowest BCUT2D eigenvalue weighted by molar-refractivity contribution is -0.961. The van der Waals surface area contributed by atoms with E-state index in [1.54, 1.807) is 0 Å². The van der Waals surface area contributed by atoms with Crippen molar-refractivity contribution in [1.29, 1.82) is 0 Å². The summed E-state index contributed by atoms with van der Waals surface area (Å²) in [7, 11) is 0. The summed E-state index contributed by atoms with van der Waals surface area (Å²) in [5, 5.41) is 0. The van der Waals surface area contributed by atoms with Gasteiger partial charge in [-0.25, -0.2) is 0 Å². The molecule has 21 heavy (non-hydrogen) atoms. The van der Waals surface area contributed by atoms with Crippen molar-refractivity contribution >= 4 is 5.97 Å². The summed E-state index contributed by atoms with van der Waals surface area (Å²) >= 11 is 0. The average molecular weight is 290 g/mol. The lowest BCUT2D eigenvalue weighted by atomic mass is 9.79. The first kappa shape index (κ1) is 16.0. The van der Waals surface area contributed by atoms with Crippen LogP contribution in [0.3, 0.4) is 0 Å². The fourth-order valence-electron chi connectivity index (χ4n) is 3.49.